The van der Waals surface area contributed by atoms with Crippen LogP contribution in [0.2, 0.25) is 0 Å². The van der Waals surface area contributed by atoms with Crippen LogP contribution in [0.1, 0.15) is 24.8 Å². The molecule has 0 aliphatic carbocycles. The number of carbonyl (C=O) groups is 1. The molecule has 0 spiro atoms. The Kier molecular flexibility index (Phi) is 5.73. The molecule has 2 N–H and O–H groups in total. The van der Waals surface area contributed by atoms with Crippen LogP contribution in [-0.2, 0) is 4.79 Å². The minimum atomic E-state index is 0.0143. The number of benzene rings is 1. The normalized spacial score (nSPS) is 15.7. The Morgan fingerprint density at radius 1 is 1.38 bits per heavy atom. The monoisotopic (exact) mass is 286 g/mol. The SMILES string of the molecule is CN(CCC(=O)Nc1ccc(C#N)cc1)C1CCNCC1. The first-order valence-corrected chi connectivity index (χ1v) is 7.40. The van der Waals surface area contributed by atoms with Crippen molar-refractivity contribution >= 4 is 11.6 Å². The van der Waals surface area contributed by atoms with Gasteiger partial charge in [0, 0.05) is 24.7 Å². The van der Waals surface area contributed by atoms with Gasteiger partial charge in [-0.25, -0.2) is 0 Å². The first-order chi connectivity index (χ1) is 10.2. The number of nitrogens with zero attached hydrogens (tertiary/aromatic N) is 2. The van der Waals surface area contributed by atoms with Crippen molar-refractivity contribution < 1.29 is 4.79 Å². The Labute approximate surface area is 125 Å². The van der Waals surface area contributed by atoms with E-state index in [1.807, 2.05) is 0 Å². The van der Waals surface area contributed by atoms with E-state index in [0.717, 1.165) is 38.2 Å². The summed E-state index contributed by atoms with van der Waals surface area (Å²) in [6.45, 7) is 2.89. The first-order valence-electron chi connectivity index (χ1n) is 7.40. The molecule has 0 aromatic heterocycles. The Bertz CT molecular complexity index is 500. The quantitative estimate of drug-likeness (QED) is 0.862. The predicted molar refractivity (Wildman–Crippen MR) is 82.9 cm³/mol. The number of piperidine rings is 1. The van der Waals surface area contributed by atoms with Crippen LogP contribution in [0, 0.1) is 11.3 Å². The standard InChI is InChI=1S/C16H22N4O/c1-20(15-6-9-18-10-7-15)11-8-16(21)19-14-4-2-13(12-17)3-5-14/h2-5,15,18H,6-11H2,1H3,(H,19,21). The highest BCUT2D eigenvalue weighted by Gasteiger charge is 2.18. The summed E-state index contributed by atoms with van der Waals surface area (Å²) < 4.78 is 0. The molecule has 0 unspecified atom stereocenters. The lowest BCUT2D eigenvalue weighted by Gasteiger charge is -2.31. The topological polar surface area (TPSA) is 68.2 Å². The Morgan fingerprint density at radius 2 is 2.05 bits per heavy atom. The lowest BCUT2D eigenvalue weighted by Crippen LogP contribution is -2.42. The van der Waals surface area contributed by atoms with Crippen molar-refractivity contribution in [2.75, 3.05) is 32.0 Å². The first kappa shape index (κ1) is 15.5. The zero-order valence-corrected chi connectivity index (χ0v) is 12.4. The van der Waals surface area contributed by atoms with E-state index < -0.39 is 0 Å². The number of carbonyl (C=O) groups excluding carboxylic acids is 1. The van der Waals surface area contributed by atoms with Crippen LogP contribution >= 0.6 is 0 Å². The summed E-state index contributed by atoms with van der Waals surface area (Å²) in [5, 5.41) is 14.9. The summed E-state index contributed by atoms with van der Waals surface area (Å²) in [4.78, 5) is 14.2. The fourth-order valence-corrected chi connectivity index (χ4v) is 2.56. The number of nitriles is 1. The summed E-state index contributed by atoms with van der Waals surface area (Å²) in [6, 6.07) is 9.56. The summed E-state index contributed by atoms with van der Waals surface area (Å²) in [5.74, 6) is 0.0143. The van der Waals surface area contributed by atoms with Crippen LogP contribution in [0.15, 0.2) is 24.3 Å². The van der Waals surface area contributed by atoms with Crippen molar-refractivity contribution in [2.45, 2.75) is 25.3 Å². The summed E-state index contributed by atoms with van der Waals surface area (Å²) in [5.41, 5.74) is 1.34. The van der Waals surface area contributed by atoms with Gasteiger partial charge in [-0.1, -0.05) is 0 Å². The molecule has 0 bridgehead atoms. The summed E-state index contributed by atoms with van der Waals surface area (Å²) >= 11 is 0. The minimum absolute atomic E-state index is 0.0143. The molecule has 1 aliphatic rings. The second kappa shape index (κ2) is 7.77. The zero-order chi connectivity index (χ0) is 15.1. The van der Waals surface area contributed by atoms with Crippen molar-refractivity contribution in [2.24, 2.45) is 0 Å². The average Bonchev–Trinajstić information content (AvgIpc) is 2.54. The van der Waals surface area contributed by atoms with Gasteiger partial charge < -0.3 is 15.5 Å². The van der Waals surface area contributed by atoms with E-state index in [2.05, 4.69) is 28.7 Å². The largest absolute Gasteiger partial charge is 0.326 e. The van der Waals surface area contributed by atoms with Gasteiger partial charge in [0.1, 0.15) is 0 Å². The predicted octanol–water partition coefficient (Wildman–Crippen LogP) is 1.57. The Morgan fingerprint density at radius 3 is 2.67 bits per heavy atom. The van der Waals surface area contributed by atoms with E-state index in [0.29, 0.717) is 18.0 Å². The third kappa shape index (κ3) is 4.85. The van der Waals surface area contributed by atoms with E-state index in [-0.39, 0.29) is 5.91 Å². The second-order valence-electron chi connectivity index (χ2n) is 5.45. The molecule has 112 valence electrons. The van der Waals surface area contributed by atoms with Gasteiger partial charge in [0.15, 0.2) is 0 Å². The van der Waals surface area contributed by atoms with Gasteiger partial charge in [-0.05, 0) is 57.2 Å². The van der Waals surface area contributed by atoms with Crippen molar-refractivity contribution in [3.05, 3.63) is 29.8 Å². The van der Waals surface area contributed by atoms with Gasteiger partial charge in [0.25, 0.3) is 0 Å². The summed E-state index contributed by atoms with van der Waals surface area (Å²) in [6.07, 6.45) is 2.78. The van der Waals surface area contributed by atoms with Crippen molar-refractivity contribution in [3.8, 4) is 6.07 Å². The fourth-order valence-electron chi connectivity index (χ4n) is 2.56. The molecule has 5 nitrogen and oxygen atoms in total. The van der Waals surface area contributed by atoms with E-state index >= 15 is 0 Å². The fraction of sp³-hybridized carbons (Fsp3) is 0.500. The van der Waals surface area contributed by atoms with Crippen molar-refractivity contribution in [1.29, 1.82) is 5.26 Å². The van der Waals surface area contributed by atoms with Gasteiger partial charge in [0.2, 0.25) is 5.91 Å². The van der Waals surface area contributed by atoms with Crippen LogP contribution in [0.3, 0.4) is 0 Å². The molecule has 2 rings (SSSR count). The smallest absolute Gasteiger partial charge is 0.225 e. The van der Waals surface area contributed by atoms with E-state index in [4.69, 9.17) is 5.26 Å². The molecule has 5 heteroatoms. The number of amides is 1. The van der Waals surface area contributed by atoms with Crippen LogP contribution in [-0.4, -0.2) is 43.5 Å². The highest BCUT2D eigenvalue weighted by atomic mass is 16.1. The third-order valence-corrected chi connectivity index (χ3v) is 3.92. The van der Waals surface area contributed by atoms with E-state index in [9.17, 15) is 4.79 Å². The van der Waals surface area contributed by atoms with Gasteiger partial charge in [-0.2, -0.15) is 5.26 Å². The molecule has 0 radical (unpaired) electrons. The lowest BCUT2D eigenvalue weighted by atomic mass is 10.1. The van der Waals surface area contributed by atoms with E-state index in [1.165, 1.54) is 0 Å². The number of nitrogens with one attached hydrogen (secondary N) is 2. The molecule has 1 amide bonds. The van der Waals surface area contributed by atoms with Crippen LogP contribution < -0.4 is 10.6 Å². The maximum absolute atomic E-state index is 11.9. The Balaban J connectivity index is 1.74. The minimum Gasteiger partial charge on any atom is -0.326 e. The molecular formula is C16H22N4O. The van der Waals surface area contributed by atoms with Crippen LogP contribution in [0.5, 0.6) is 0 Å². The molecule has 1 fully saturated rings. The van der Waals surface area contributed by atoms with E-state index in [1.54, 1.807) is 24.3 Å². The molecule has 1 aromatic carbocycles. The maximum Gasteiger partial charge on any atom is 0.225 e. The van der Waals surface area contributed by atoms with Gasteiger partial charge in [0.05, 0.1) is 11.6 Å². The van der Waals surface area contributed by atoms with Gasteiger partial charge in [-0.3, -0.25) is 4.79 Å². The number of anilines is 1. The molecule has 21 heavy (non-hydrogen) atoms. The molecule has 0 atom stereocenters. The highest BCUT2D eigenvalue weighted by molar-refractivity contribution is 5.90. The van der Waals surface area contributed by atoms with Crippen molar-refractivity contribution in [3.63, 3.8) is 0 Å². The second-order valence-corrected chi connectivity index (χ2v) is 5.45. The number of rotatable bonds is 5. The third-order valence-electron chi connectivity index (χ3n) is 3.92. The highest BCUT2D eigenvalue weighted by Crippen LogP contribution is 2.11. The Hall–Kier alpha value is -1.90. The molecule has 1 heterocycles. The number of hydrogen-bond acceptors (Lipinski definition) is 4. The van der Waals surface area contributed by atoms with Crippen molar-refractivity contribution in [1.82, 2.24) is 10.2 Å². The van der Waals surface area contributed by atoms with Gasteiger partial charge >= 0.3 is 0 Å². The lowest BCUT2D eigenvalue weighted by molar-refractivity contribution is -0.116. The summed E-state index contributed by atoms with van der Waals surface area (Å²) in [7, 11) is 2.09. The zero-order valence-electron chi connectivity index (χ0n) is 12.4. The number of hydrogen-bond donors (Lipinski definition) is 2. The van der Waals surface area contributed by atoms with Gasteiger partial charge in [-0.15, -0.1) is 0 Å². The van der Waals surface area contributed by atoms with Crippen LogP contribution in [0.4, 0.5) is 5.69 Å². The molecule has 1 aliphatic heterocycles. The van der Waals surface area contributed by atoms with Crippen LogP contribution in [0.25, 0.3) is 0 Å². The average molecular weight is 286 g/mol. The molecule has 0 saturated carbocycles. The molecule has 1 aromatic rings. The maximum atomic E-state index is 11.9. The molecule has 1 saturated heterocycles. The molecular weight excluding hydrogens is 264 g/mol.